The fourth-order valence-corrected chi connectivity index (χ4v) is 4.39. The fraction of sp³-hybridized carbons (Fsp3) is 0.240. The van der Waals surface area contributed by atoms with Gasteiger partial charge in [-0.15, -0.1) is 0 Å². The van der Waals surface area contributed by atoms with E-state index in [1.807, 2.05) is 64.9 Å². The Morgan fingerprint density at radius 2 is 2.03 bits per heavy atom. The number of benzene rings is 1. The summed E-state index contributed by atoms with van der Waals surface area (Å²) < 4.78 is 1.95. The third-order valence-electron chi connectivity index (χ3n) is 5.96. The molecule has 0 radical (unpaired) electrons. The van der Waals surface area contributed by atoms with Gasteiger partial charge in [-0.3, -0.25) is 14.5 Å². The number of aliphatic hydroxyl groups excluding tert-OH is 1. The molecule has 8 nitrogen and oxygen atoms in total. The predicted octanol–water partition coefficient (Wildman–Crippen LogP) is 3.67. The highest BCUT2D eigenvalue weighted by atomic mass is 16.3. The van der Waals surface area contributed by atoms with Gasteiger partial charge in [0.25, 0.3) is 5.91 Å². The molecule has 2 N–H and O–H groups in total. The molecule has 5 rings (SSSR count). The summed E-state index contributed by atoms with van der Waals surface area (Å²) >= 11 is 0. The van der Waals surface area contributed by atoms with Gasteiger partial charge >= 0.3 is 0 Å². The fourth-order valence-electron chi connectivity index (χ4n) is 4.39. The number of nitrogens with zero attached hydrogens (tertiary/aromatic N) is 5. The molecule has 0 saturated heterocycles. The lowest BCUT2D eigenvalue weighted by Crippen LogP contribution is -2.36. The van der Waals surface area contributed by atoms with E-state index in [-0.39, 0.29) is 17.8 Å². The summed E-state index contributed by atoms with van der Waals surface area (Å²) in [6, 6.07) is 11.8. The average Bonchev–Trinajstić information content (AvgIpc) is 3.32. The van der Waals surface area contributed by atoms with Gasteiger partial charge in [0.15, 0.2) is 0 Å². The standard InChI is InChI=1S/C25H26N6O2/c1-4-19-24-20(27-25(33)22-15-29(3)23-13-18(32)11-12-30(22)23)9-6-10-21(24)31(28-19)14-17-8-5-7-16(2)26-17/h5-13,15,23,32H,4,14H2,1-3H3,(H,27,33). The first-order valence-electron chi connectivity index (χ1n) is 11.0. The van der Waals surface area contributed by atoms with Crippen molar-refractivity contribution in [2.75, 3.05) is 12.4 Å². The van der Waals surface area contributed by atoms with E-state index in [0.717, 1.165) is 40.1 Å². The number of rotatable bonds is 5. The maximum absolute atomic E-state index is 13.3. The highest BCUT2D eigenvalue weighted by Gasteiger charge is 2.33. The van der Waals surface area contributed by atoms with E-state index in [1.165, 1.54) is 0 Å². The zero-order valence-electron chi connectivity index (χ0n) is 18.9. The molecule has 0 fully saturated rings. The van der Waals surface area contributed by atoms with Crippen molar-refractivity contribution >= 4 is 22.5 Å². The Balaban J connectivity index is 1.47. The van der Waals surface area contributed by atoms with E-state index in [4.69, 9.17) is 5.10 Å². The lowest BCUT2D eigenvalue weighted by atomic mass is 10.1. The first-order chi connectivity index (χ1) is 15.9. The smallest absolute Gasteiger partial charge is 0.273 e. The number of allylic oxidation sites excluding steroid dienone is 1. The maximum Gasteiger partial charge on any atom is 0.273 e. The van der Waals surface area contributed by atoms with E-state index in [0.29, 0.717) is 12.2 Å². The van der Waals surface area contributed by atoms with Crippen molar-refractivity contribution in [1.29, 1.82) is 0 Å². The number of carbonyl (C=O) groups is 1. The van der Waals surface area contributed by atoms with Crippen LogP contribution in [0.3, 0.4) is 0 Å². The summed E-state index contributed by atoms with van der Waals surface area (Å²) in [5.74, 6) is -0.0301. The Kier molecular flexibility index (Phi) is 5.12. The summed E-state index contributed by atoms with van der Waals surface area (Å²) in [6.07, 6.45) is 7.31. The van der Waals surface area contributed by atoms with Crippen molar-refractivity contribution < 1.29 is 9.90 Å². The largest absolute Gasteiger partial charge is 0.508 e. The number of aryl methyl sites for hydroxylation is 2. The van der Waals surface area contributed by atoms with E-state index >= 15 is 0 Å². The van der Waals surface area contributed by atoms with Crippen LogP contribution in [0.25, 0.3) is 10.9 Å². The molecule has 2 aromatic heterocycles. The van der Waals surface area contributed by atoms with Crippen LogP contribution in [0.5, 0.6) is 0 Å². The molecule has 0 bridgehead atoms. The Labute approximate surface area is 192 Å². The molecule has 0 aliphatic carbocycles. The van der Waals surface area contributed by atoms with Gasteiger partial charge in [0.1, 0.15) is 17.6 Å². The van der Waals surface area contributed by atoms with Gasteiger partial charge in [0.05, 0.1) is 29.1 Å². The molecule has 0 saturated carbocycles. The zero-order chi connectivity index (χ0) is 23.1. The van der Waals surface area contributed by atoms with Gasteiger partial charge in [0.2, 0.25) is 0 Å². The van der Waals surface area contributed by atoms with Crippen molar-refractivity contribution in [3.63, 3.8) is 0 Å². The molecule has 1 unspecified atom stereocenters. The molecule has 2 aliphatic heterocycles. The third-order valence-corrected chi connectivity index (χ3v) is 5.96. The summed E-state index contributed by atoms with van der Waals surface area (Å²) in [4.78, 5) is 21.6. The van der Waals surface area contributed by atoms with E-state index in [2.05, 4.69) is 17.2 Å². The minimum Gasteiger partial charge on any atom is -0.508 e. The first-order valence-corrected chi connectivity index (χ1v) is 11.0. The molecule has 33 heavy (non-hydrogen) atoms. The van der Waals surface area contributed by atoms with Crippen LogP contribution in [0, 0.1) is 6.92 Å². The number of pyridine rings is 1. The minimum atomic E-state index is -0.220. The van der Waals surface area contributed by atoms with Gasteiger partial charge in [0, 0.05) is 36.6 Å². The second-order valence-electron chi connectivity index (χ2n) is 8.29. The van der Waals surface area contributed by atoms with E-state index in [1.54, 1.807) is 24.6 Å². The topological polar surface area (TPSA) is 86.5 Å². The molecule has 8 heteroatoms. The molecule has 168 valence electrons. The normalized spacial score (nSPS) is 17.2. The number of hydrogen-bond donors (Lipinski definition) is 2. The van der Waals surface area contributed by atoms with Gasteiger partial charge in [-0.25, -0.2) is 0 Å². The maximum atomic E-state index is 13.3. The number of aliphatic hydroxyl groups is 1. The number of carbonyl (C=O) groups excluding carboxylic acids is 1. The van der Waals surface area contributed by atoms with Crippen LogP contribution < -0.4 is 5.32 Å². The number of fused-ring (bicyclic) bond motifs is 2. The second kappa shape index (κ2) is 8.12. The van der Waals surface area contributed by atoms with Gasteiger partial charge < -0.3 is 20.2 Å². The van der Waals surface area contributed by atoms with Crippen LogP contribution in [0.15, 0.2) is 72.4 Å². The molecule has 3 aromatic rings. The van der Waals surface area contributed by atoms with Crippen molar-refractivity contribution in [3.8, 4) is 0 Å². The molecule has 4 heterocycles. The zero-order valence-corrected chi connectivity index (χ0v) is 18.9. The van der Waals surface area contributed by atoms with Gasteiger partial charge in [-0.2, -0.15) is 5.10 Å². The summed E-state index contributed by atoms with van der Waals surface area (Å²) in [6.45, 7) is 4.60. The summed E-state index contributed by atoms with van der Waals surface area (Å²) in [5, 5.41) is 18.7. The van der Waals surface area contributed by atoms with Crippen molar-refractivity contribution in [2.24, 2.45) is 0 Å². The Bertz CT molecular complexity index is 1340. The van der Waals surface area contributed by atoms with Crippen LogP contribution in [-0.2, 0) is 17.8 Å². The number of nitrogens with one attached hydrogen (secondary N) is 1. The highest BCUT2D eigenvalue weighted by Crippen LogP contribution is 2.31. The van der Waals surface area contributed by atoms with Crippen LogP contribution in [0.1, 0.15) is 24.0 Å². The SMILES string of the molecule is CCc1nn(Cc2cccc(C)n2)c2cccc(NC(=O)C3=CN(C)C4C=C(O)C=CN34)c12. The van der Waals surface area contributed by atoms with Crippen molar-refractivity contribution in [2.45, 2.75) is 33.0 Å². The minimum absolute atomic E-state index is 0.186. The molecule has 1 aromatic carbocycles. The summed E-state index contributed by atoms with van der Waals surface area (Å²) in [7, 11) is 1.88. The van der Waals surface area contributed by atoms with Crippen LogP contribution in [0.4, 0.5) is 5.69 Å². The van der Waals surface area contributed by atoms with Crippen molar-refractivity contribution in [3.05, 3.63) is 89.5 Å². The van der Waals surface area contributed by atoms with Crippen molar-refractivity contribution in [1.82, 2.24) is 24.6 Å². The lowest BCUT2D eigenvalue weighted by molar-refractivity contribution is -0.114. The Morgan fingerprint density at radius 3 is 2.82 bits per heavy atom. The summed E-state index contributed by atoms with van der Waals surface area (Å²) in [5.41, 5.74) is 5.02. The number of hydrogen-bond acceptors (Lipinski definition) is 6. The van der Waals surface area contributed by atoms with E-state index in [9.17, 15) is 9.90 Å². The van der Waals surface area contributed by atoms with Crippen LogP contribution >= 0.6 is 0 Å². The predicted molar refractivity (Wildman–Crippen MR) is 127 cm³/mol. The molecular formula is C25H26N6O2. The molecule has 0 spiro atoms. The van der Waals surface area contributed by atoms with Gasteiger partial charge in [-0.1, -0.05) is 19.1 Å². The molecule has 1 amide bonds. The first kappa shape index (κ1) is 20.8. The Morgan fingerprint density at radius 1 is 1.21 bits per heavy atom. The quantitative estimate of drug-likeness (QED) is 0.627. The molecule has 1 atom stereocenters. The van der Waals surface area contributed by atoms with Crippen LogP contribution in [0.2, 0.25) is 0 Å². The van der Waals surface area contributed by atoms with Gasteiger partial charge in [-0.05, 0) is 43.7 Å². The third kappa shape index (κ3) is 3.73. The number of aromatic nitrogens is 3. The Hall–Kier alpha value is -4.07. The van der Waals surface area contributed by atoms with Crippen LogP contribution in [-0.4, -0.2) is 48.8 Å². The number of likely N-dealkylation sites (N-methyl/N-ethyl adjacent to an activating group) is 1. The number of amides is 1. The average molecular weight is 443 g/mol. The molecular weight excluding hydrogens is 416 g/mol. The monoisotopic (exact) mass is 442 g/mol. The highest BCUT2D eigenvalue weighted by molar-refractivity contribution is 6.09. The lowest BCUT2D eigenvalue weighted by Gasteiger charge is -2.29. The number of anilines is 1. The molecule has 2 aliphatic rings. The van der Waals surface area contributed by atoms with E-state index < -0.39 is 0 Å². The second-order valence-corrected chi connectivity index (χ2v) is 8.29.